The molecular formula is C24H29N5O2. The van der Waals surface area contributed by atoms with E-state index in [1.165, 1.54) is 16.8 Å². The van der Waals surface area contributed by atoms with Crippen molar-refractivity contribution in [1.29, 1.82) is 0 Å². The summed E-state index contributed by atoms with van der Waals surface area (Å²) >= 11 is 0. The van der Waals surface area contributed by atoms with Gasteiger partial charge in [0.2, 0.25) is 0 Å². The number of H-pyrrole nitrogens is 1. The number of aromatic nitrogens is 2. The first-order chi connectivity index (χ1) is 14.9. The molecule has 0 atom stereocenters. The van der Waals surface area contributed by atoms with E-state index in [1.807, 2.05) is 4.90 Å². The summed E-state index contributed by atoms with van der Waals surface area (Å²) in [6, 6.07) is 9.93. The summed E-state index contributed by atoms with van der Waals surface area (Å²) in [7, 11) is 2.16. The number of nitrogens with one attached hydrogen (secondary N) is 1. The predicted octanol–water partition coefficient (Wildman–Crippen LogP) is 3.30. The summed E-state index contributed by atoms with van der Waals surface area (Å²) in [5, 5.41) is 18.7. The molecular weight excluding hydrogens is 390 g/mol. The number of likely N-dealkylation sites (N-methyl/N-ethyl adjacent to an activating group) is 1. The summed E-state index contributed by atoms with van der Waals surface area (Å²) in [4.78, 5) is 19.9. The smallest absolute Gasteiger partial charge is 0.258 e. The van der Waals surface area contributed by atoms with Crippen molar-refractivity contribution in [2.45, 2.75) is 32.9 Å². The molecule has 3 aromatic rings. The van der Waals surface area contributed by atoms with Gasteiger partial charge in [0.15, 0.2) is 0 Å². The van der Waals surface area contributed by atoms with Crippen LogP contribution < -0.4 is 4.90 Å². The van der Waals surface area contributed by atoms with Crippen LogP contribution in [0.3, 0.4) is 0 Å². The average Bonchev–Trinajstić information content (AvgIpc) is 3.36. The van der Waals surface area contributed by atoms with Crippen LogP contribution in [0.1, 0.15) is 46.9 Å². The Balaban J connectivity index is 1.39. The number of anilines is 1. The minimum atomic E-state index is -0.146. The Morgan fingerprint density at radius 2 is 1.81 bits per heavy atom. The monoisotopic (exact) mass is 419 g/mol. The summed E-state index contributed by atoms with van der Waals surface area (Å²) in [5.74, 6) is 0.0727. The van der Waals surface area contributed by atoms with Crippen LogP contribution in [0.2, 0.25) is 0 Å². The lowest BCUT2D eigenvalue weighted by Gasteiger charge is -2.34. The minimum Gasteiger partial charge on any atom is -0.507 e. The van der Waals surface area contributed by atoms with Crippen LogP contribution in [0.5, 0.6) is 5.75 Å². The van der Waals surface area contributed by atoms with E-state index in [4.69, 9.17) is 0 Å². The number of rotatable bonds is 3. The van der Waals surface area contributed by atoms with E-state index in [1.54, 1.807) is 12.1 Å². The van der Waals surface area contributed by atoms with Gasteiger partial charge in [-0.3, -0.25) is 9.89 Å². The van der Waals surface area contributed by atoms with Crippen molar-refractivity contribution in [3.8, 4) is 5.75 Å². The molecule has 1 amide bonds. The molecule has 3 heterocycles. The largest absolute Gasteiger partial charge is 0.507 e. The summed E-state index contributed by atoms with van der Waals surface area (Å²) in [5.41, 5.74) is 5.59. The van der Waals surface area contributed by atoms with Crippen LogP contribution in [-0.4, -0.2) is 64.2 Å². The third-order valence-corrected chi connectivity index (χ3v) is 6.55. The van der Waals surface area contributed by atoms with E-state index >= 15 is 0 Å². The van der Waals surface area contributed by atoms with Crippen molar-refractivity contribution in [2.24, 2.45) is 0 Å². The zero-order chi connectivity index (χ0) is 21.7. The molecule has 31 heavy (non-hydrogen) atoms. The highest BCUT2D eigenvalue weighted by atomic mass is 16.3. The quantitative estimate of drug-likeness (QED) is 0.681. The molecule has 1 saturated heterocycles. The molecule has 1 aromatic heterocycles. The van der Waals surface area contributed by atoms with Gasteiger partial charge in [-0.2, -0.15) is 5.10 Å². The zero-order valence-corrected chi connectivity index (χ0v) is 18.4. The fourth-order valence-electron chi connectivity index (χ4n) is 4.64. The minimum absolute atomic E-state index is 0.00876. The van der Waals surface area contributed by atoms with E-state index in [0.717, 1.165) is 42.8 Å². The number of piperazine rings is 1. The van der Waals surface area contributed by atoms with Crippen molar-refractivity contribution in [2.75, 3.05) is 38.1 Å². The van der Waals surface area contributed by atoms with E-state index in [-0.39, 0.29) is 17.6 Å². The van der Waals surface area contributed by atoms with Gasteiger partial charge in [0.25, 0.3) is 5.91 Å². The Hall–Kier alpha value is -3.06. The summed E-state index contributed by atoms with van der Waals surface area (Å²) in [6.45, 7) is 9.44. The Labute approximate surface area is 182 Å². The molecule has 7 heteroatoms. The molecule has 5 rings (SSSR count). The molecule has 0 saturated carbocycles. The van der Waals surface area contributed by atoms with Crippen molar-refractivity contribution in [1.82, 2.24) is 20.0 Å². The number of aromatic hydroxyl groups is 1. The molecule has 2 aliphatic heterocycles. The number of nitrogens with zero attached hydrogens (tertiary/aromatic N) is 4. The molecule has 162 valence electrons. The van der Waals surface area contributed by atoms with Crippen LogP contribution in [0.4, 0.5) is 5.69 Å². The zero-order valence-electron chi connectivity index (χ0n) is 18.4. The highest BCUT2D eigenvalue weighted by Gasteiger charge is 2.28. The van der Waals surface area contributed by atoms with E-state index in [0.29, 0.717) is 18.7 Å². The van der Waals surface area contributed by atoms with Crippen LogP contribution >= 0.6 is 0 Å². The molecule has 2 aromatic carbocycles. The standard InChI is InChI=1S/C24H29N5O2/c1-15(2)23-19-11-20(22(30)12-21(19)25-26-23)24(31)29-13-16-4-5-18(10-17(16)14-29)28-8-6-27(3)7-9-28/h4-5,10-12,15,30H,6-9,13-14H2,1-3H3,(H,25,26). The van der Waals surface area contributed by atoms with E-state index in [2.05, 4.69) is 59.1 Å². The van der Waals surface area contributed by atoms with Crippen LogP contribution in [0.15, 0.2) is 30.3 Å². The van der Waals surface area contributed by atoms with Gasteiger partial charge in [-0.15, -0.1) is 0 Å². The molecule has 0 bridgehead atoms. The van der Waals surface area contributed by atoms with E-state index in [9.17, 15) is 9.90 Å². The number of carbonyl (C=O) groups excluding carboxylic acids is 1. The lowest BCUT2D eigenvalue weighted by molar-refractivity contribution is 0.0748. The maximum Gasteiger partial charge on any atom is 0.258 e. The maximum absolute atomic E-state index is 13.3. The SMILES string of the molecule is CC(C)c1n[nH]c2cc(O)c(C(=O)N3Cc4ccc(N5CCN(C)CC5)cc4C3)cc12. The second kappa shape index (κ2) is 7.57. The Morgan fingerprint density at radius 3 is 2.55 bits per heavy atom. The number of benzene rings is 2. The third kappa shape index (κ3) is 3.53. The van der Waals surface area contributed by atoms with Gasteiger partial charge in [0, 0.05) is 56.4 Å². The molecule has 0 unspecified atom stereocenters. The van der Waals surface area contributed by atoms with Crippen molar-refractivity contribution < 1.29 is 9.90 Å². The van der Waals surface area contributed by atoms with Crippen LogP contribution in [-0.2, 0) is 13.1 Å². The number of aromatic amines is 1. The maximum atomic E-state index is 13.3. The van der Waals surface area contributed by atoms with Gasteiger partial charge in [0.1, 0.15) is 5.75 Å². The molecule has 2 aliphatic rings. The summed E-state index contributed by atoms with van der Waals surface area (Å²) < 4.78 is 0. The normalized spacial score (nSPS) is 17.0. The topological polar surface area (TPSA) is 75.7 Å². The Morgan fingerprint density at radius 1 is 1.06 bits per heavy atom. The first-order valence-electron chi connectivity index (χ1n) is 11.0. The molecule has 0 spiro atoms. The molecule has 2 N–H and O–H groups in total. The number of fused-ring (bicyclic) bond motifs is 2. The Bertz CT molecular complexity index is 1140. The number of hydrogen-bond acceptors (Lipinski definition) is 5. The fourth-order valence-corrected chi connectivity index (χ4v) is 4.64. The number of hydrogen-bond donors (Lipinski definition) is 2. The van der Waals surface area contributed by atoms with Crippen LogP contribution in [0.25, 0.3) is 10.9 Å². The molecule has 0 radical (unpaired) electrons. The van der Waals surface area contributed by atoms with Crippen molar-refractivity contribution in [3.05, 3.63) is 52.7 Å². The first kappa shape index (κ1) is 19.9. The predicted molar refractivity (Wildman–Crippen MR) is 122 cm³/mol. The highest BCUT2D eigenvalue weighted by molar-refractivity contribution is 6.01. The number of phenolic OH excluding ortho intramolecular Hbond substituents is 1. The second-order valence-electron chi connectivity index (χ2n) is 9.08. The van der Waals surface area contributed by atoms with Gasteiger partial charge in [0.05, 0.1) is 16.8 Å². The lowest BCUT2D eigenvalue weighted by Crippen LogP contribution is -2.44. The van der Waals surface area contributed by atoms with Gasteiger partial charge in [-0.05, 0) is 42.3 Å². The first-order valence-corrected chi connectivity index (χ1v) is 11.0. The van der Waals surface area contributed by atoms with Gasteiger partial charge in [-0.1, -0.05) is 19.9 Å². The summed E-state index contributed by atoms with van der Waals surface area (Å²) in [6.07, 6.45) is 0. The molecule has 0 aliphatic carbocycles. The van der Waals surface area contributed by atoms with Gasteiger partial charge >= 0.3 is 0 Å². The molecule has 1 fully saturated rings. The highest BCUT2D eigenvalue weighted by Crippen LogP contribution is 2.33. The lowest BCUT2D eigenvalue weighted by atomic mass is 10.0. The van der Waals surface area contributed by atoms with Crippen molar-refractivity contribution >= 4 is 22.5 Å². The average molecular weight is 420 g/mol. The second-order valence-corrected chi connectivity index (χ2v) is 9.08. The Kier molecular flexibility index (Phi) is 4.85. The fraction of sp³-hybridized carbons (Fsp3) is 0.417. The number of phenols is 1. The number of carbonyl (C=O) groups is 1. The molecule has 7 nitrogen and oxygen atoms in total. The number of amides is 1. The van der Waals surface area contributed by atoms with E-state index < -0.39 is 0 Å². The van der Waals surface area contributed by atoms with Gasteiger partial charge < -0.3 is 19.8 Å². The third-order valence-electron chi connectivity index (χ3n) is 6.55. The van der Waals surface area contributed by atoms with Crippen LogP contribution in [0, 0.1) is 0 Å². The van der Waals surface area contributed by atoms with Gasteiger partial charge in [-0.25, -0.2) is 0 Å². The van der Waals surface area contributed by atoms with Crippen molar-refractivity contribution in [3.63, 3.8) is 0 Å².